The average molecular weight is 275 g/mol. The van der Waals surface area contributed by atoms with Crippen LogP contribution in [0.2, 0.25) is 0 Å². The van der Waals surface area contributed by atoms with E-state index in [1.165, 1.54) is 5.56 Å². The zero-order valence-electron chi connectivity index (χ0n) is 11.3. The van der Waals surface area contributed by atoms with E-state index in [9.17, 15) is 4.79 Å². The minimum Gasteiger partial charge on any atom is -0.325 e. The second-order valence-corrected chi connectivity index (χ2v) is 5.94. The third kappa shape index (κ3) is 1.29. The Morgan fingerprint density at radius 3 is 3.05 bits per heavy atom. The highest BCUT2D eigenvalue weighted by molar-refractivity contribution is 6.09. The molecule has 2 heterocycles. The molecule has 1 fully saturated rings. The Kier molecular flexibility index (Phi) is 1.86. The van der Waals surface area contributed by atoms with Gasteiger partial charge in [-0.25, -0.2) is 0 Å². The second kappa shape index (κ2) is 3.52. The molecule has 4 heteroatoms. The van der Waals surface area contributed by atoms with E-state index >= 15 is 0 Å². The van der Waals surface area contributed by atoms with Gasteiger partial charge in [0.25, 0.3) is 0 Å². The Balaban J connectivity index is 1.63. The van der Waals surface area contributed by atoms with Crippen LogP contribution in [0.25, 0.3) is 10.9 Å². The lowest BCUT2D eigenvalue weighted by atomic mass is 9.92. The van der Waals surface area contributed by atoms with E-state index in [2.05, 4.69) is 39.8 Å². The van der Waals surface area contributed by atoms with Crippen molar-refractivity contribution in [3.8, 4) is 0 Å². The monoisotopic (exact) mass is 275 g/mol. The van der Waals surface area contributed by atoms with Gasteiger partial charge in [0.1, 0.15) is 0 Å². The summed E-state index contributed by atoms with van der Waals surface area (Å²) in [5, 5.41) is 11.2. The summed E-state index contributed by atoms with van der Waals surface area (Å²) in [6, 6.07) is 14.3. The fourth-order valence-electron chi connectivity index (χ4n) is 3.72. The largest absolute Gasteiger partial charge is 0.325 e. The van der Waals surface area contributed by atoms with Gasteiger partial charge in [-0.2, -0.15) is 5.10 Å². The summed E-state index contributed by atoms with van der Waals surface area (Å²) in [4.78, 5) is 12.5. The van der Waals surface area contributed by atoms with Crippen LogP contribution in [0, 0.1) is 0 Å². The first kappa shape index (κ1) is 11.1. The summed E-state index contributed by atoms with van der Waals surface area (Å²) < 4.78 is 0. The van der Waals surface area contributed by atoms with E-state index in [1.807, 2.05) is 24.4 Å². The number of rotatable bonds is 1. The van der Waals surface area contributed by atoms with E-state index in [-0.39, 0.29) is 17.2 Å². The lowest BCUT2D eigenvalue weighted by Crippen LogP contribution is -2.20. The Labute approximate surface area is 121 Å². The van der Waals surface area contributed by atoms with Gasteiger partial charge in [0, 0.05) is 17.0 Å². The molecular formula is C17H13N3O. The highest BCUT2D eigenvalue weighted by Crippen LogP contribution is 2.64. The lowest BCUT2D eigenvalue weighted by molar-refractivity contribution is -0.118. The van der Waals surface area contributed by atoms with Gasteiger partial charge in [-0.1, -0.05) is 30.3 Å². The number of fused-ring (bicyclic) bond motifs is 3. The number of para-hydroxylation sites is 1. The van der Waals surface area contributed by atoms with Crippen molar-refractivity contribution in [3.05, 3.63) is 59.8 Å². The van der Waals surface area contributed by atoms with Crippen LogP contribution in [0.1, 0.15) is 23.5 Å². The van der Waals surface area contributed by atoms with Crippen LogP contribution in [0.5, 0.6) is 0 Å². The standard InChI is InChI=1S/C17H13N3O/c21-16-17(12-3-1-2-4-14(12)19-16)8-13(17)10-5-6-11-9-18-20-15(11)7-10/h1-7,9,13H,8H2,(H,18,20)(H,19,21)/t13-,17?/m1/s1. The number of benzene rings is 2. The number of hydrogen-bond donors (Lipinski definition) is 2. The van der Waals surface area contributed by atoms with Gasteiger partial charge in [-0.15, -0.1) is 0 Å². The topological polar surface area (TPSA) is 57.8 Å². The predicted molar refractivity (Wildman–Crippen MR) is 80.2 cm³/mol. The summed E-state index contributed by atoms with van der Waals surface area (Å²) in [6.07, 6.45) is 2.70. The number of aromatic amines is 1. The molecule has 21 heavy (non-hydrogen) atoms. The van der Waals surface area contributed by atoms with Gasteiger partial charge in [0.15, 0.2) is 0 Å². The maximum atomic E-state index is 12.5. The molecule has 1 saturated carbocycles. The molecule has 0 saturated heterocycles. The summed E-state index contributed by atoms with van der Waals surface area (Å²) in [5.74, 6) is 0.396. The molecule has 1 aliphatic heterocycles. The number of amides is 1. The van der Waals surface area contributed by atoms with Crippen molar-refractivity contribution in [1.29, 1.82) is 0 Å². The highest BCUT2D eigenvalue weighted by Gasteiger charge is 2.64. The van der Waals surface area contributed by atoms with Crippen molar-refractivity contribution in [2.45, 2.75) is 17.8 Å². The minimum absolute atomic E-state index is 0.137. The molecule has 2 aromatic carbocycles. The number of nitrogens with zero attached hydrogens (tertiary/aromatic N) is 1. The molecule has 5 rings (SSSR count). The fraction of sp³-hybridized carbons (Fsp3) is 0.176. The number of aromatic nitrogens is 2. The van der Waals surface area contributed by atoms with Crippen LogP contribution in [0.15, 0.2) is 48.7 Å². The molecule has 4 nitrogen and oxygen atoms in total. The first-order chi connectivity index (χ1) is 10.3. The third-order valence-corrected chi connectivity index (χ3v) is 4.89. The third-order valence-electron chi connectivity index (χ3n) is 4.89. The van der Waals surface area contributed by atoms with Crippen molar-refractivity contribution >= 4 is 22.5 Å². The van der Waals surface area contributed by atoms with Gasteiger partial charge >= 0.3 is 0 Å². The minimum atomic E-state index is -0.357. The van der Waals surface area contributed by atoms with E-state index in [1.54, 1.807) is 0 Å². The maximum absolute atomic E-state index is 12.5. The van der Waals surface area contributed by atoms with Gasteiger partial charge < -0.3 is 5.32 Å². The molecule has 1 amide bonds. The summed E-state index contributed by atoms with van der Waals surface area (Å²) >= 11 is 0. The molecule has 1 aliphatic carbocycles. The zero-order valence-corrected chi connectivity index (χ0v) is 11.3. The average Bonchev–Trinajstić information content (AvgIpc) is 2.97. The number of anilines is 1. The normalized spacial score (nSPS) is 26.1. The number of hydrogen-bond acceptors (Lipinski definition) is 2. The van der Waals surface area contributed by atoms with Crippen LogP contribution in [-0.4, -0.2) is 16.1 Å². The summed E-state index contributed by atoms with van der Waals surface area (Å²) in [6.45, 7) is 0. The SMILES string of the molecule is O=C1Nc2ccccc2C12C[C@@H]2c1ccc2cn[nH]c2c1. The van der Waals surface area contributed by atoms with Crippen molar-refractivity contribution in [1.82, 2.24) is 10.2 Å². The number of H-pyrrole nitrogens is 1. The van der Waals surface area contributed by atoms with Crippen molar-refractivity contribution < 1.29 is 4.79 Å². The maximum Gasteiger partial charge on any atom is 0.235 e. The smallest absolute Gasteiger partial charge is 0.235 e. The molecule has 1 spiro atoms. The quantitative estimate of drug-likeness (QED) is 0.717. The first-order valence-corrected chi connectivity index (χ1v) is 7.13. The van der Waals surface area contributed by atoms with Crippen LogP contribution in [0.3, 0.4) is 0 Å². The van der Waals surface area contributed by atoms with Crippen LogP contribution >= 0.6 is 0 Å². The van der Waals surface area contributed by atoms with Crippen LogP contribution in [-0.2, 0) is 10.2 Å². The highest BCUT2D eigenvalue weighted by atomic mass is 16.2. The second-order valence-electron chi connectivity index (χ2n) is 5.94. The first-order valence-electron chi connectivity index (χ1n) is 7.13. The van der Waals surface area contributed by atoms with Gasteiger partial charge in [0.2, 0.25) is 5.91 Å². The van der Waals surface area contributed by atoms with Gasteiger partial charge in [0.05, 0.1) is 17.1 Å². The Hall–Kier alpha value is -2.62. The van der Waals surface area contributed by atoms with Crippen molar-refractivity contribution in [2.24, 2.45) is 0 Å². The van der Waals surface area contributed by atoms with E-state index in [0.29, 0.717) is 0 Å². The Morgan fingerprint density at radius 2 is 2.10 bits per heavy atom. The predicted octanol–water partition coefficient (Wildman–Crippen LogP) is 2.94. The van der Waals surface area contributed by atoms with E-state index in [4.69, 9.17) is 0 Å². The van der Waals surface area contributed by atoms with E-state index in [0.717, 1.165) is 28.6 Å². The van der Waals surface area contributed by atoms with Crippen molar-refractivity contribution in [2.75, 3.05) is 5.32 Å². The summed E-state index contributed by atoms with van der Waals surface area (Å²) in [7, 11) is 0. The molecule has 0 radical (unpaired) electrons. The molecule has 2 atom stereocenters. The Morgan fingerprint density at radius 1 is 1.19 bits per heavy atom. The molecule has 1 aromatic heterocycles. The van der Waals surface area contributed by atoms with Gasteiger partial charge in [-0.05, 0) is 29.7 Å². The number of nitrogens with one attached hydrogen (secondary N) is 2. The van der Waals surface area contributed by atoms with Crippen LogP contribution < -0.4 is 5.32 Å². The molecule has 102 valence electrons. The number of carbonyl (C=O) groups excluding carboxylic acids is 1. The van der Waals surface area contributed by atoms with E-state index < -0.39 is 0 Å². The molecular weight excluding hydrogens is 262 g/mol. The molecule has 2 aliphatic rings. The van der Waals surface area contributed by atoms with Crippen LogP contribution in [0.4, 0.5) is 5.69 Å². The molecule has 3 aromatic rings. The molecule has 2 N–H and O–H groups in total. The molecule has 1 unspecified atom stereocenters. The Bertz CT molecular complexity index is 898. The zero-order chi connectivity index (χ0) is 14.0. The fourth-order valence-corrected chi connectivity index (χ4v) is 3.72. The molecule has 0 bridgehead atoms. The number of carbonyl (C=O) groups is 1. The van der Waals surface area contributed by atoms with Crippen molar-refractivity contribution in [3.63, 3.8) is 0 Å². The lowest BCUT2D eigenvalue weighted by Gasteiger charge is -2.08. The van der Waals surface area contributed by atoms with Gasteiger partial charge in [-0.3, -0.25) is 9.89 Å². The summed E-state index contributed by atoms with van der Waals surface area (Å²) in [5.41, 5.74) is 3.99.